The summed E-state index contributed by atoms with van der Waals surface area (Å²) in [4.78, 5) is 10.1. The van der Waals surface area contributed by atoms with Gasteiger partial charge in [-0.2, -0.15) is 13.2 Å². The lowest BCUT2D eigenvalue weighted by Gasteiger charge is -2.06. The Morgan fingerprint density at radius 2 is 2.00 bits per heavy atom. The van der Waals surface area contributed by atoms with E-state index < -0.39 is 18.6 Å². The second-order valence-electron chi connectivity index (χ2n) is 2.45. The SMILES string of the molecule is C=C(CNCCC(F)(F)F)C(=O)O. The Balaban J connectivity index is 3.47. The van der Waals surface area contributed by atoms with Gasteiger partial charge in [0.25, 0.3) is 0 Å². The zero-order chi connectivity index (χ0) is 10.5. The zero-order valence-electron chi connectivity index (χ0n) is 6.82. The molecule has 0 aromatic rings. The number of aliphatic carboxylic acids is 1. The van der Waals surface area contributed by atoms with Crippen LogP contribution in [-0.4, -0.2) is 30.3 Å². The number of rotatable bonds is 5. The van der Waals surface area contributed by atoms with Crippen molar-refractivity contribution < 1.29 is 23.1 Å². The van der Waals surface area contributed by atoms with Crippen LogP contribution in [0.3, 0.4) is 0 Å². The zero-order valence-corrected chi connectivity index (χ0v) is 6.82. The third-order valence-corrected chi connectivity index (χ3v) is 1.23. The van der Waals surface area contributed by atoms with Crippen LogP contribution in [0.15, 0.2) is 12.2 Å². The van der Waals surface area contributed by atoms with Crippen molar-refractivity contribution in [1.82, 2.24) is 5.32 Å². The summed E-state index contributed by atoms with van der Waals surface area (Å²) >= 11 is 0. The molecular formula is C7H10F3NO2. The van der Waals surface area contributed by atoms with E-state index in [1.807, 2.05) is 0 Å². The molecule has 3 nitrogen and oxygen atoms in total. The molecule has 0 heterocycles. The maximum Gasteiger partial charge on any atom is 0.390 e. The van der Waals surface area contributed by atoms with Gasteiger partial charge in [0, 0.05) is 18.7 Å². The van der Waals surface area contributed by atoms with E-state index in [9.17, 15) is 18.0 Å². The van der Waals surface area contributed by atoms with E-state index >= 15 is 0 Å². The van der Waals surface area contributed by atoms with Crippen molar-refractivity contribution in [2.24, 2.45) is 0 Å². The molecule has 0 unspecified atom stereocenters. The van der Waals surface area contributed by atoms with Crippen LogP contribution in [0.25, 0.3) is 0 Å². The van der Waals surface area contributed by atoms with Crippen LogP contribution in [0, 0.1) is 0 Å². The van der Waals surface area contributed by atoms with E-state index in [-0.39, 0.29) is 18.7 Å². The number of alkyl halides is 3. The molecule has 0 aliphatic carbocycles. The highest BCUT2D eigenvalue weighted by molar-refractivity contribution is 5.86. The monoisotopic (exact) mass is 197 g/mol. The highest BCUT2D eigenvalue weighted by Crippen LogP contribution is 2.17. The van der Waals surface area contributed by atoms with Gasteiger partial charge in [-0.15, -0.1) is 0 Å². The van der Waals surface area contributed by atoms with Crippen molar-refractivity contribution in [3.8, 4) is 0 Å². The molecule has 0 aromatic carbocycles. The third-order valence-electron chi connectivity index (χ3n) is 1.23. The molecule has 2 N–H and O–H groups in total. The molecule has 0 aromatic heterocycles. The smallest absolute Gasteiger partial charge is 0.390 e. The molecule has 0 fully saturated rings. The fraction of sp³-hybridized carbons (Fsp3) is 0.571. The molecule has 6 heteroatoms. The van der Waals surface area contributed by atoms with Crippen molar-refractivity contribution in [2.45, 2.75) is 12.6 Å². The topological polar surface area (TPSA) is 49.3 Å². The average Bonchev–Trinajstić information content (AvgIpc) is 1.95. The molecule has 0 radical (unpaired) electrons. The van der Waals surface area contributed by atoms with Gasteiger partial charge in [-0.1, -0.05) is 6.58 Å². The van der Waals surface area contributed by atoms with Crippen molar-refractivity contribution in [1.29, 1.82) is 0 Å². The first kappa shape index (κ1) is 12.0. The molecule has 0 rings (SSSR count). The predicted octanol–water partition coefficient (Wildman–Crippen LogP) is 1.17. The number of carboxylic acid groups (broad SMARTS) is 1. The van der Waals surface area contributed by atoms with E-state index in [1.54, 1.807) is 0 Å². The van der Waals surface area contributed by atoms with E-state index in [0.29, 0.717) is 0 Å². The number of hydrogen-bond donors (Lipinski definition) is 2. The Bertz CT molecular complexity index is 200. The van der Waals surface area contributed by atoms with Crippen molar-refractivity contribution in [3.63, 3.8) is 0 Å². The largest absolute Gasteiger partial charge is 0.478 e. The Morgan fingerprint density at radius 3 is 2.38 bits per heavy atom. The van der Waals surface area contributed by atoms with Gasteiger partial charge in [0.15, 0.2) is 0 Å². The minimum Gasteiger partial charge on any atom is -0.478 e. The van der Waals surface area contributed by atoms with Gasteiger partial charge in [0.05, 0.1) is 6.42 Å². The van der Waals surface area contributed by atoms with Gasteiger partial charge >= 0.3 is 12.1 Å². The fourth-order valence-corrected chi connectivity index (χ4v) is 0.545. The molecule has 0 aliphatic rings. The van der Waals surface area contributed by atoms with Crippen LogP contribution >= 0.6 is 0 Å². The molecular weight excluding hydrogens is 187 g/mol. The van der Waals surface area contributed by atoms with Gasteiger partial charge in [0.2, 0.25) is 0 Å². The van der Waals surface area contributed by atoms with Gasteiger partial charge in [-0.3, -0.25) is 0 Å². The number of carbonyl (C=O) groups is 1. The first-order chi connectivity index (χ1) is 5.83. The summed E-state index contributed by atoms with van der Waals surface area (Å²) in [6.07, 6.45) is -5.18. The molecule has 0 saturated heterocycles. The average molecular weight is 197 g/mol. The predicted molar refractivity (Wildman–Crippen MR) is 40.3 cm³/mol. The van der Waals surface area contributed by atoms with Crippen molar-refractivity contribution >= 4 is 5.97 Å². The van der Waals surface area contributed by atoms with Gasteiger partial charge in [0.1, 0.15) is 0 Å². The minimum atomic E-state index is -4.21. The number of carboxylic acids is 1. The molecule has 0 aliphatic heterocycles. The van der Waals surface area contributed by atoms with Gasteiger partial charge in [-0.25, -0.2) is 4.79 Å². The highest BCUT2D eigenvalue weighted by atomic mass is 19.4. The molecule has 13 heavy (non-hydrogen) atoms. The van der Waals surface area contributed by atoms with Gasteiger partial charge < -0.3 is 10.4 Å². The molecule has 0 bridgehead atoms. The lowest BCUT2D eigenvalue weighted by atomic mass is 10.3. The number of nitrogens with one attached hydrogen (secondary N) is 1. The maximum atomic E-state index is 11.6. The fourth-order valence-electron chi connectivity index (χ4n) is 0.545. The molecule has 0 atom stereocenters. The van der Waals surface area contributed by atoms with E-state index in [4.69, 9.17) is 5.11 Å². The normalized spacial score (nSPS) is 11.3. The number of hydrogen-bond acceptors (Lipinski definition) is 2. The molecule has 0 saturated carbocycles. The second-order valence-corrected chi connectivity index (χ2v) is 2.45. The van der Waals surface area contributed by atoms with Crippen molar-refractivity contribution in [3.05, 3.63) is 12.2 Å². The van der Waals surface area contributed by atoms with Crippen LogP contribution in [0.1, 0.15) is 6.42 Å². The van der Waals surface area contributed by atoms with Crippen LogP contribution in [0.5, 0.6) is 0 Å². The summed E-state index contributed by atoms with van der Waals surface area (Å²) in [6, 6.07) is 0. The Morgan fingerprint density at radius 1 is 1.46 bits per heavy atom. The quantitative estimate of drug-likeness (QED) is 0.513. The van der Waals surface area contributed by atoms with E-state index in [0.717, 1.165) is 0 Å². The summed E-state index contributed by atoms with van der Waals surface area (Å²) in [5, 5.41) is 10.6. The lowest BCUT2D eigenvalue weighted by Crippen LogP contribution is -2.25. The molecule has 0 amide bonds. The van der Waals surface area contributed by atoms with Crippen LogP contribution in [0.4, 0.5) is 13.2 Å². The summed E-state index contributed by atoms with van der Waals surface area (Å²) in [5.74, 6) is -1.21. The minimum absolute atomic E-state index is 0.134. The first-order valence-corrected chi connectivity index (χ1v) is 3.51. The summed E-state index contributed by atoms with van der Waals surface area (Å²) in [5.41, 5.74) is -0.151. The van der Waals surface area contributed by atoms with Crippen LogP contribution in [-0.2, 0) is 4.79 Å². The second kappa shape index (κ2) is 4.86. The lowest BCUT2D eigenvalue weighted by molar-refractivity contribution is -0.133. The Hall–Kier alpha value is -1.04. The summed E-state index contributed by atoms with van der Waals surface area (Å²) < 4.78 is 34.7. The first-order valence-electron chi connectivity index (χ1n) is 3.51. The van der Waals surface area contributed by atoms with E-state index in [1.165, 1.54) is 0 Å². The number of halogens is 3. The van der Waals surface area contributed by atoms with Gasteiger partial charge in [-0.05, 0) is 0 Å². The maximum absolute atomic E-state index is 11.6. The highest BCUT2D eigenvalue weighted by Gasteiger charge is 2.25. The van der Waals surface area contributed by atoms with E-state index in [2.05, 4.69) is 11.9 Å². The van der Waals surface area contributed by atoms with Crippen LogP contribution in [0.2, 0.25) is 0 Å². The molecule has 76 valence electrons. The summed E-state index contributed by atoms with van der Waals surface area (Å²) in [6.45, 7) is 2.72. The standard InChI is InChI=1S/C7H10F3NO2/c1-5(6(12)13)4-11-3-2-7(8,9)10/h11H,1-4H2,(H,12,13). The summed E-state index contributed by atoms with van der Waals surface area (Å²) in [7, 11) is 0. The van der Waals surface area contributed by atoms with Crippen molar-refractivity contribution in [2.75, 3.05) is 13.1 Å². The third kappa shape index (κ3) is 7.32. The van der Waals surface area contributed by atoms with Crippen LogP contribution < -0.4 is 5.32 Å². The Kier molecular flexibility index (Phi) is 4.47. The molecule has 0 spiro atoms. The Labute approximate surface area is 73.2 Å².